The minimum atomic E-state index is 0.245. The van der Waals surface area contributed by atoms with Gasteiger partial charge in [0.2, 0.25) is 0 Å². The molecular weight excluding hydrogens is 394 g/mol. The van der Waals surface area contributed by atoms with E-state index >= 15 is 0 Å². The van der Waals surface area contributed by atoms with E-state index in [1.54, 1.807) is 11.3 Å². The zero-order valence-corrected chi connectivity index (χ0v) is 18.9. The molecule has 2 aliphatic rings. The topological polar surface area (TPSA) is 61.8 Å². The van der Waals surface area contributed by atoms with Gasteiger partial charge in [0.05, 0.1) is 23.4 Å². The Bertz CT molecular complexity index is 844. The minimum absolute atomic E-state index is 0.245. The number of aryl methyl sites for hydroxylation is 1. The summed E-state index contributed by atoms with van der Waals surface area (Å²) in [4.78, 5) is 11.7. The normalized spacial score (nSPS) is 20.5. The number of nitrogens with one attached hydrogen (secondary N) is 2. The average Bonchev–Trinajstić information content (AvgIpc) is 3.25. The Morgan fingerprint density at radius 2 is 2.10 bits per heavy atom. The van der Waals surface area contributed by atoms with Crippen molar-refractivity contribution in [2.24, 2.45) is 10.9 Å². The number of hydrogen-bond donors (Lipinski definition) is 2. The molecule has 30 heavy (non-hydrogen) atoms. The van der Waals surface area contributed by atoms with Crippen molar-refractivity contribution in [2.45, 2.75) is 45.2 Å². The second-order valence-corrected chi connectivity index (χ2v) is 9.07. The standard InChI is InChI=1S/C23H33N5OS/c1-3-22-26-18(16-30-22)15-28-11-8-17(9-12-28)14-25-23(24-2)27-20-10-13-29-21-7-5-4-6-19(20)21/h4-7,16-17,20H,3,8-15H2,1-2H3,(H2,24,25,27). The van der Waals surface area contributed by atoms with Gasteiger partial charge in [-0.25, -0.2) is 4.98 Å². The van der Waals surface area contributed by atoms with Gasteiger partial charge in [0.25, 0.3) is 0 Å². The molecule has 2 aromatic rings. The molecule has 0 amide bonds. The number of likely N-dealkylation sites (tertiary alicyclic amines) is 1. The lowest BCUT2D eigenvalue weighted by Gasteiger charge is -2.32. The zero-order chi connectivity index (χ0) is 20.8. The number of fused-ring (bicyclic) bond motifs is 1. The van der Waals surface area contributed by atoms with Gasteiger partial charge in [0.15, 0.2) is 5.96 Å². The summed E-state index contributed by atoms with van der Waals surface area (Å²) >= 11 is 1.79. The number of thiazole rings is 1. The van der Waals surface area contributed by atoms with E-state index in [1.807, 2.05) is 19.2 Å². The van der Waals surface area contributed by atoms with Gasteiger partial charge >= 0.3 is 0 Å². The number of aromatic nitrogens is 1. The molecule has 2 aliphatic heterocycles. The molecule has 6 nitrogen and oxygen atoms in total. The van der Waals surface area contributed by atoms with Gasteiger partial charge in [0.1, 0.15) is 5.75 Å². The summed E-state index contributed by atoms with van der Waals surface area (Å²) in [5.74, 6) is 2.55. The Balaban J connectivity index is 1.22. The van der Waals surface area contributed by atoms with E-state index in [1.165, 1.54) is 29.1 Å². The maximum atomic E-state index is 5.78. The first-order valence-corrected chi connectivity index (χ1v) is 12.0. The largest absolute Gasteiger partial charge is 0.493 e. The van der Waals surface area contributed by atoms with Crippen LogP contribution < -0.4 is 15.4 Å². The van der Waals surface area contributed by atoms with Gasteiger partial charge < -0.3 is 15.4 Å². The molecule has 0 saturated carbocycles. The van der Waals surface area contributed by atoms with Gasteiger partial charge in [-0.15, -0.1) is 11.3 Å². The van der Waals surface area contributed by atoms with Gasteiger partial charge in [-0.2, -0.15) is 0 Å². The Labute approximate surface area is 183 Å². The maximum absolute atomic E-state index is 5.78. The molecule has 1 atom stereocenters. The molecule has 3 heterocycles. The SMILES string of the molecule is CCc1nc(CN2CCC(CNC(=NC)NC3CCOc4ccccc43)CC2)cs1. The van der Waals surface area contributed by atoms with Crippen LogP contribution in [0.15, 0.2) is 34.6 Å². The molecule has 0 spiro atoms. The van der Waals surface area contributed by atoms with Crippen LogP contribution in [0.5, 0.6) is 5.75 Å². The van der Waals surface area contributed by atoms with Crippen LogP contribution in [0, 0.1) is 5.92 Å². The molecule has 7 heteroatoms. The fourth-order valence-electron chi connectivity index (χ4n) is 4.25. The summed E-state index contributed by atoms with van der Waals surface area (Å²) in [5, 5.41) is 10.6. The highest BCUT2D eigenvalue weighted by Gasteiger charge is 2.23. The fraction of sp³-hybridized carbons (Fsp3) is 0.565. The van der Waals surface area contributed by atoms with Crippen molar-refractivity contribution >= 4 is 17.3 Å². The molecule has 1 fully saturated rings. The fourth-order valence-corrected chi connectivity index (χ4v) is 4.99. The first kappa shape index (κ1) is 21.1. The Hall–Kier alpha value is -2.12. The number of aliphatic imine (C=N–C) groups is 1. The summed E-state index contributed by atoms with van der Waals surface area (Å²) < 4.78 is 5.78. The van der Waals surface area contributed by atoms with Crippen molar-refractivity contribution in [1.82, 2.24) is 20.5 Å². The molecule has 0 aliphatic carbocycles. The number of hydrogen-bond acceptors (Lipinski definition) is 5. The number of para-hydroxylation sites is 1. The van der Waals surface area contributed by atoms with Crippen LogP contribution in [0.2, 0.25) is 0 Å². The van der Waals surface area contributed by atoms with Gasteiger partial charge in [-0.05, 0) is 44.3 Å². The first-order valence-electron chi connectivity index (χ1n) is 11.1. The van der Waals surface area contributed by atoms with E-state index in [2.05, 4.69) is 45.0 Å². The van der Waals surface area contributed by atoms with Gasteiger partial charge in [-0.1, -0.05) is 25.1 Å². The monoisotopic (exact) mass is 427 g/mol. The number of guanidine groups is 1. The van der Waals surface area contributed by atoms with E-state index < -0.39 is 0 Å². The molecule has 1 aromatic carbocycles. The summed E-state index contributed by atoms with van der Waals surface area (Å²) in [7, 11) is 1.85. The van der Waals surface area contributed by atoms with Gasteiger partial charge in [0, 0.05) is 37.5 Å². The summed E-state index contributed by atoms with van der Waals surface area (Å²) in [5.41, 5.74) is 2.45. The number of nitrogens with zero attached hydrogens (tertiary/aromatic N) is 3. The summed E-state index contributed by atoms with van der Waals surface area (Å²) in [6, 6.07) is 8.52. The molecule has 0 radical (unpaired) electrons. The molecule has 162 valence electrons. The molecule has 2 N–H and O–H groups in total. The highest BCUT2D eigenvalue weighted by Crippen LogP contribution is 2.31. The highest BCUT2D eigenvalue weighted by molar-refractivity contribution is 7.09. The van der Waals surface area contributed by atoms with Crippen LogP contribution in [0.3, 0.4) is 0 Å². The summed E-state index contributed by atoms with van der Waals surface area (Å²) in [6.45, 7) is 7.15. The quantitative estimate of drug-likeness (QED) is 0.545. The highest BCUT2D eigenvalue weighted by atomic mass is 32.1. The Kier molecular flexibility index (Phi) is 7.23. The van der Waals surface area contributed by atoms with Crippen LogP contribution in [0.4, 0.5) is 0 Å². The van der Waals surface area contributed by atoms with Crippen LogP contribution in [-0.2, 0) is 13.0 Å². The smallest absolute Gasteiger partial charge is 0.191 e. The van der Waals surface area contributed by atoms with Crippen molar-refractivity contribution in [1.29, 1.82) is 0 Å². The third-order valence-corrected chi connectivity index (χ3v) is 7.09. The number of benzene rings is 1. The lowest BCUT2D eigenvalue weighted by Crippen LogP contribution is -2.44. The van der Waals surface area contributed by atoms with E-state index in [4.69, 9.17) is 9.72 Å². The van der Waals surface area contributed by atoms with E-state index in [-0.39, 0.29) is 6.04 Å². The Morgan fingerprint density at radius 3 is 2.87 bits per heavy atom. The molecule has 0 bridgehead atoms. The molecular formula is C23H33N5OS. The van der Waals surface area contributed by atoms with E-state index in [0.29, 0.717) is 5.92 Å². The average molecular weight is 428 g/mol. The predicted molar refractivity (Wildman–Crippen MR) is 123 cm³/mol. The number of piperidine rings is 1. The lowest BCUT2D eigenvalue weighted by molar-refractivity contribution is 0.176. The minimum Gasteiger partial charge on any atom is -0.493 e. The molecule has 1 aromatic heterocycles. The van der Waals surface area contributed by atoms with Crippen molar-refractivity contribution in [3.05, 3.63) is 45.9 Å². The lowest BCUT2D eigenvalue weighted by atomic mass is 9.96. The van der Waals surface area contributed by atoms with Crippen molar-refractivity contribution in [3.8, 4) is 5.75 Å². The van der Waals surface area contributed by atoms with Crippen LogP contribution in [0.1, 0.15) is 48.5 Å². The second kappa shape index (κ2) is 10.3. The third-order valence-electron chi connectivity index (χ3n) is 6.05. The zero-order valence-electron chi connectivity index (χ0n) is 18.1. The van der Waals surface area contributed by atoms with E-state index in [0.717, 1.165) is 57.3 Å². The number of ether oxygens (including phenoxy) is 1. The van der Waals surface area contributed by atoms with Crippen molar-refractivity contribution in [3.63, 3.8) is 0 Å². The molecule has 1 unspecified atom stereocenters. The van der Waals surface area contributed by atoms with Crippen molar-refractivity contribution in [2.75, 3.05) is 33.3 Å². The molecule has 4 rings (SSSR count). The van der Waals surface area contributed by atoms with Crippen LogP contribution in [-0.4, -0.2) is 49.1 Å². The maximum Gasteiger partial charge on any atom is 0.191 e. The second-order valence-electron chi connectivity index (χ2n) is 8.13. The number of rotatable bonds is 6. The molecule has 1 saturated heterocycles. The predicted octanol–water partition coefficient (Wildman–Crippen LogP) is 3.61. The summed E-state index contributed by atoms with van der Waals surface area (Å²) in [6.07, 6.45) is 4.42. The van der Waals surface area contributed by atoms with Gasteiger partial charge in [-0.3, -0.25) is 9.89 Å². The van der Waals surface area contributed by atoms with Crippen LogP contribution >= 0.6 is 11.3 Å². The Morgan fingerprint density at radius 1 is 1.27 bits per heavy atom. The first-order chi connectivity index (χ1) is 14.7. The third kappa shape index (κ3) is 5.32. The van der Waals surface area contributed by atoms with Crippen LogP contribution in [0.25, 0.3) is 0 Å². The van der Waals surface area contributed by atoms with E-state index in [9.17, 15) is 0 Å². The van der Waals surface area contributed by atoms with Crippen molar-refractivity contribution < 1.29 is 4.74 Å².